The van der Waals surface area contributed by atoms with E-state index in [1.807, 2.05) is 44.2 Å². The van der Waals surface area contributed by atoms with Crippen molar-refractivity contribution in [3.05, 3.63) is 134 Å². The number of hydrogen-bond donors (Lipinski definition) is 1. The summed E-state index contributed by atoms with van der Waals surface area (Å²) in [6, 6.07) is 25.3. The van der Waals surface area contributed by atoms with Crippen molar-refractivity contribution in [1.29, 1.82) is 0 Å². The first kappa shape index (κ1) is 35.4. The van der Waals surface area contributed by atoms with Gasteiger partial charge in [0.1, 0.15) is 12.6 Å². The molecule has 0 bridgehead atoms. The van der Waals surface area contributed by atoms with Crippen LogP contribution in [0.25, 0.3) is 0 Å². The predicted molar refractivity (Wildman–Crippen MR) is 183 cm³/mol. The van der Waals surface area contributed by atoms with Crippen LogP contribution in [-0.4, -0.2) is 49.2 Å². The van der Waals surface area contributed by atoms with E-state index >= 15 is 0 Å². The van der Waals surface area contributed by atoms with Crippen LogP contribution in [0.1, 0.15) is 25.0 Å². The van der Waals surface area contributed by atoms with Gasteiger partial charge in [-0.3, -0.25) is 24.0 Å². The minimum Gasteiger partial charge on any atom is -0.354 e. The third kappa shape index (κ3) is 9.09. The Balaban J connectivity index is 1.84. The highest BCUT2D eigenvalue weighted by Crippen LogP contribution is 2.29. The number of carbonyl (C=O) groups is 2. The van der Waals surface area contributed by atoms with Gasteiger partial charge in [-0.15, -0.1) is 0 Å². The molecule has 0 heterocycles. The number of nitro benzene ring substituents is 1. The summed E-state index contributed by atoms with van der Waals surface area (Å²) in [4.78, 5) is 40.3. The highest BCUT2D eigenvalue weighted by atomic mass is 35.5. The van der Waals surface area contributed by atoms with Gasteiger partial charge in [-0.05, 0) is 47.9 Å². The van der Waals surface area contributed by atoms with Gasteiger partial charge in [-0.25, -0.2) is 8.42 Å². The van der Waals surface area contributed by atoms with Crippen molar-refractivity contribution >= 4 is 56.4 Å². The maximum atomic E-state index is 14.5. The zero-order chi connectivity index (χ0) is 34.1. The molecule has 0 aliphatic carbocycles. The van der Waals surface area contributed by atoms with Gasteiger partial charge >= 0.3 is 0 Å². The van der Waals surface area contributed by atoms with Gasteiger partial charge in [0.25, 0.3) is 15.7 Å². The van der Waals surface area contributed by atoms with E-state index in [-0.39, 0.29) is 45.2 Å². The summed E-state index contributed by atoms with van der Waals surface area (Å²) in [5.74, 6) is -1.04. The Morgan fingerprint density at radius 2 is 1.43 bits per heavy atom. The lowest BCUT2D eigenvalue weighted by Gasteiger charge is -2.34. The standard InChI is InChI=1S/C34H34Cl2N4O6S/c1-24(2)21-37-34(42)32(20-25-10-5-3-6-11-25)38(22-29-30(35)14-9-15-31(29)36)33(41)23-39(26-16-18-27(19-17-26)40(43)44)47(45,46)28-12-7-4-8-13-28/h3-19,24,32H,20-23H2,1-2H3,(H,37,42)/t32-/m0/s1. The van der Waals surface area contributed by atoms with Gasteiger partial charge in [0.05, 0.1) is 15.5 Å². The van der Waals surface area contributed by atoms with Crippen LogP contribution < -0.4 is 9.62 Å². The van der Waals surface area contributed by atoms with Crippen molar-refractivity contribution < 1.29 is 22.9 Å². The van der Waals surface area contributed by atoms with Gasteiger partial charge in [0.2, 0.25) is 11.8 Å². The summed E-state index contributed by atoms with van der Waals surface area (Å²) < 4.78 is 29.0. The van der Waals surface area contributed by atoms with Crippen LogP contribution in [0.4, 0.5) is 11.4 Å². The fourth-order valence-corrected chi connectivity index (χ4v) is 6.77. The molecule has 2 amide bonds. The SMILES string of the molecule is CC(C)CNC(=O)[C@H](Cc1ccccc1)N(Cc1c(Cl)cccc1Cl)C(=O)CN(c1ccc([N+](=O)[O-])cc1)S(=O)(=O)c1ccccc1. The second-order valence-corrected chi connectivity index (χ2v) is 13.8. The number of nitrogens with zero attached hydrogens (tertiary/aromatic N) is 3. The van der Waals surface area contributed by atoms with Crippen LogP contribution in [0.5, 0.6) is 0 Å². The van der Waals surface area contributed by atoms with Crippen LogP contribution in [0.3, 0.4) is 0 Å². The monoisotopic (exact) mass is 696 g/mol. The van der Waals surface area contributed by atoms with E-state index in [1.54, 1.807) is 36.4 Å². The first-order valence-corrected chi connectivity index (χ1v) is 16.9. The average molecular weight is 698 g/mol. The molecule has 0 fully saturated rings. The summed E-state index contributed by atoms with van der Waals surface area (Å²) in [5, 5.41) is 14.8. The van der Waals surface area contributed by atoms with E-state index in [9.17, 15) is 28.1 Å². The molecule has 0 unspecified atom stereocenters. The number of carbonyl (C=O) groups excluding carboxylic acids is 2. The molecule has 47 heavy (non-hydrogen) atoms. The average Bonchev–Trinajstić information content (AvgIpc) is 3.06. The maximum Gasteiger partial charge on any atom is 0.269 e. The number of anilines is 1. The molecule has 1 atom stereocenters. The number of amides is 2. The maximum absolute atomic E-state index is 14.5. The fourth-order valence-electron chi connectivity index (χ4n) is 4.82. The molecule has 0 aromatic heterocycles. The highest BCUT2D eigenvalue weighted by Gasteiger charge is 2.35. The molecule has 1 N–H and O–H groups in total. The molecular formula is C34H34Cl2N4O6S. The molecule has 4 aromatic rings. The first-order valence-electron chi connectivity index (χ1n) is 14.7. The van der Waals surface area contributed by atoms with Crippen molar-refractivity contribution in [3.8, 4) is 0 Å². The molecule has 4 aromatic carbocycles. The van der Waals surface area contributed by atoms with Crippen molar-refractivity contribution in [2.24, 2.45) is 5.92 Å². The van der Waals surface area contributed by atoms with E-state index in [2.05, 4.69) is 5.32 Å². The van der Waals surface area contributed by atoms with Crippen molar-refractivity contribution in [1.82, 2.24) is 10.2 Å². The van der Waals surface area contributed by atoms with E-state index in [4.69, 9.17) is 23.2 Å². The minimum absolute atomic E-state index is 0.0207. The third-order valence-electron chi connectivity index (χ3n) is 7.30. The highest BCUT2D eigenvalue weighted by molar-refractivity contribution is 7.92. The molecule has 13 heteroatoms. The number of benzene rings is 4. The van der Waals surface area contributed by atoms with Crippen LogP contribution in [-0.2, 0) is 32.6 Å². The number of rotatable bonds is 14. The quantitative estimate of drug-likeness (QED) is 0.118. The number of sulfonamides is 1. The molecule has 0 radical (unpaired) electrons. The molecule has 0 saturated carbocycles. The number of non-ortho nitro benzene ring substituents is 1. The van der Waals surface area contributed by atoms with Crippen LogP contribution in [0.15, 0.2) is 108 Å². The second-order valence-electron chi connectivity index (χ2n) is 11.2. The Morgan fingerprint density at radius 1 is 0.851 bits per heavy atom. The van der Waals surface area contributed by atoms with Crippen molar-refractivity contribution in [3.63, 3.8) is 0 Å². The van der Waals surface area contributed by atoms with E-state index in [0.717, 1.165) is 22.0 Å². The lowest BCUT2D eigenvalue weighted by molar-refractivity contribution is -0.384. The Kier molecular flexibility index (Phi) is 12.0. The van der Waals surface area contributed by atoms with E-state index in [1.165, 1.54) is 29.2 Å². The summed E-state index contributed by atoms with van der Waals surface area (Å²) in [7, 11) is -4.37. The first-order chi connectivity index (χ1) is 22.4. The smallest absolute Gasteiger partial charge is 0.269 e. The zero-order valence-corrected chi connectivity index (χ0v) is 28.1. The minimum atomic E-state index is -4.37. The molecule has 4 rings (SSSR count). The number of hydrogen-bond acceptors (Lipinski definition) is 6. The van der Waals surface area contributed by atoms with Crippen LogP contribution >= 0.6 is 23.2 Å². The Hall–Kier alpha value is -4.45. The van der Waals surface area contributed by atoms with Gasteiger partial charge in [0.15, 0.2) is 0 Å². The number of nitrogens with one attached hydrogen (secondary N) is 1. The Morgan fingerprint density at radius 3 is 1.98 bits per heavy atom. The van der Waals surface area contributed by atoms with Crippen LogP contribution in [0.2, 0.25) is 10.0 Å². The predicted octanol–water partition coefficient (Wildman–Crippen LogP) is 6.51. The second kappa shape index (κ2) is 15.9. The van der Waals surface area contributed by atoms with Crippen molar-refractivity contribution in [2.45, 2.75) is 37.8 Å². The fraction of sp³-hybridized carbons (Fsp3) is 0.235. The number of halogens is 2. The molecule has 0 aliphatic rings. The Bertz CT molecular complexity index is 1790. The molecule has 246 valence electrons. The third-order valence-corrected chi connectivity index (χ3v) is 9.80. The van der Waals surface area contributed by atoms with Gasteiger partial charge in [0, 0.05) is 47.3 Å². The normalized spacial score (nSPS) is 11.9. The summed E-state index contributed by atoms with van der Waals surface area (Å²) in [6.07, 6.45) is 0.113. The molecular weight excluding hydrogens is 663 g/mol. The number of nitro groups is 1. The molecule has 10 nitrogen and oxygen atoms in total. The van der Waals surface area contributed by atoms with Crippen molar-refractivity contribution in [2.75, 3.05) is 17.4 Å². The molecule has 0 saturated heterocycles. The van der Waals surface area contributed by atoms with E-state index in [0.29, 0.717) is 12.1 Å². The summed E-state index contributed by atoms with van der Waals surface area (Å²) in [5.41, 5.74) is 0.917. The topological polar surface area (TPSA) is 130 Å². The largest absolute Gasteiger partial charge is 0.354 e. The van der Waals surface area contributed by atoms with Crippen LogP contribution in [0, 0.1) is 16.0 Å². The molecule has 0 aliphatic heterocycles. The van der Waals surface area contributed by atoms with Gasteiger partial charge in [-0.2, -0.15) is 0 Å². The van der Waals surface area contributed by atoms with Gasteiger partial charge < -0.3 is 10.2 Å². The zero-order valence-electron chi connectivity index (χ0n) is 25.8. The molecule has 0 spiro atoms. The van der Waals surface area contributed by atoms with Gasteiger partial charge in [-0.1, -0.05) is 91.6 Å². The summed E-state index contributed by atoms with van der Waals surface area (Å²) >= 11 is 13.1. The Labute approximate surface area is 284 Å². The summed E-state index contributed by atoms with van der Waals surface area (Å²) in [6.45, 7) is 3.28. The van der Waals surface area contributed by atoms with E-state index < -0.39 is 39.3 Å². The lowest BCUT2D eigenvalue weighted by Crippen LogP contribution is -2.53. The lowest BCUT2D eigenvalue weighted by atomic mass is 10.0.